The monoisotopic (exact) mass is 1590 g/mol. The van der Waals surface area contributed by atoms with E-state index in [0.717, 1.165) is 48.6 Å². The molecule has 110 heavy (non-hydrogen) atoms. The molecule has 0 spiro atoms. The number of aliphatic hydroxyl groups excluding tert-OH is 2. The zero-order chi connectivity index (χ0) is 78.4. The first-order valence-corrected chi connectivity index (χ1v) is 37.5. The first-order valence-electron chi connectivity index (χ1n) is 36.3. The molecule has 3 N–H and O–H groups in total. The Balaban J connectivity index is 1.10. The fourth-order valence-corrected chi connectivity index (χ4v) is 13.9. The number of esters is 3. The van der Waals surface area contributed by atoms with E-state index in [1.54, 1.807) is 13.8 Å². The van der Waals surface area contributed by atoms with Crippen LogP contribution < -0.4 is 5.32 Å². The minimum absolute atomic E-state index is 0.0184. The summed E-state index contributed by atoms with van der Waals surface area (Å²) < 4.78 is 132. The highest BCUT2D eigenvalue weighted by Crippen LogP contribution is 2.42. The van der Waals surface area contributed by atoms with E-state index in [-0.39, 0.29) is 52.9 Å². The summed E-state index contributed by atoms with van der Waals surface area (Å²) in [5, 5.41) is 26.2. The Kier molecular flexibility index (Phi) is 32.9. The van der Waals surface area contributed by atoms with Gasteiger partial charge < -0.3 is 110 Å². The summed E-state index contributed by atoms with van der Waals surface area (Å²) in [6, 6.07) is 46.2. The number of aliphatic hydroxyl groups is 2. The standard InChI is InChI=1S/C80H98Cl3NO26/c1-10-37-93-61-46(3)100-77(71(66(61)94-38-11-2)109-74-59(84-79(90)80(81,82)83)65(60(89)57(39-85)105-74)107-78-73(104-51(8)88)69(103-50(7)87)63(48(5)101-78)102-49(6)86)110-72-68(62(47(4)99-75(72)91-9)95-41-53-29-19-13-20-30-53)108-76-70(98-44-56-35-25-16-26-36-56)67(97-43-55-33-23-15-24-34-55)64(96-42-54-31-21-14-22-32-54)58(106-76)45-92-40-52-27-17-12-18-28-52/h10-36,46-48,57-78,85,89H,1-2,37-45H2,3-9H3,(H,84,90)/t46-,47-,48-,57+,58+,59+,60+,61-,62-,63-,64+,65+,66+,67-,68+,69+,70+,71+,72+,73+,74-,75+,76+,77-,78-/m0/s1. The average molecular weight is 1600 g/mol. The number of carbonyl (C=O) groups is 4. The van der Waals surface area contributed by atoms with Gasteiger partial charge in [0.15, 0.2) is 49.8 Å². The van der Waals surface area contributed by atoms with E-state index < -0.39 is 188 Å². The number of alkyl halides is 3. The minimum atomic E-state index is -2.75. The highest BCUT2D eigenvalue weighted by molar-refractivity contribution is 6.76. The second-order valence-corrected chi connectivity index (χ2v) is 29.2. The summed E-state index contributed by atoms with van der Waals surface area (Å²) in [4.78, 5) is 52.8. The van der Waals surface area contributed by atoms with Crippen molar-refractivity contribution >= 4 is 58.6 Å². The van der Waals surface area contributed by atoms with Crippen LogP contribution in [0.3, 0.4) is 0 Å². The maximum atomic E-state index is 14.3. The van der Waals surface area contributed by atoms with E-state index in [4.69, 9.17) is 130 Å². The van der Waals surface area contributed by atoms with Crippen LogP contribution in [0.1, 0.15) is 69.4 Å². The molecule has 30 heteroatoms. The van der Waals surface area contributed by atoms with Crippen LogP contribution in [0.25, 0.3) is 0 Å². The molecule has 5 heterocycles. The van der Waals surface area contributed by atoms with E-state index in [1.807, 2.05) is 152 Å². The van der Waals surface area contributed by atoms with Crippen molar-refractivity contribution < 1.29 is 124 Å². The van der Waals surface area contributed by atoms with E-state index in [1.165, 1.54) is 26.2 Å². The Morgan fingerprint density at radius 1 is 0.427 bits per heavy atom. The molecule has 27 nitrogen and oxygen atoms in total. The molecular weight excluding hydrogens is 1500 g/mol. The van der Waals surface area contributed by atoms with E-state index >= 15 is 0 Å². The third kappa shape index (κ3) is 23.4. The molecule has 5 saturated heterocycles. The predicted molar refractivity (Wildman–Crippen MR) is 395 cm³/mol. The molecule has 0 saturated carbocycles. The van der Waals surface area contributed by atoms with Crippen LogP contribution in [0.5, 0.6) is 0 Å². The van der Waals surface area contributed by atoms with Gasteiger partial charge in [0.1, 0.15) is 85.4 Å². The Hall–Kier alpha value is -6.43. The van der Waals surface area contributed by atoms with Crippen molar-refractivity contribution in [3.63, 3.8) is 0 Å². The Labute approximate surface area is 654 Å². The number of nitrogens with one attached hydrogen (secondary N) is 1. The number of halogens is 3. The number of ether oxygens (including phenoxy) is 20. The molecule has 1 amide bonds. The lowest BCUT2D eigenvalue weighted by molar-refractivity contribution is -0.407. The van der Waals surface area contributed by atoms with Crippen molar-refractivity contribution in [2.24, 2.45) is 0 Å². The number of hydrogen-bond donors (Lipinski definition) is 3. The first kappa shape index (κ1) is 86.0. The van der Waals surface area contributed by atoms with Gasteiger partial charge in [0.25, 0.3) is 9.70 Å². The summed E-state index contributed by atoms with van der Waals surface area (Å²) >= 11 is 19.0. The van der Waals surface area contributed by atoms with Gasteiger partial charge in [-0.05, 0) is 48.6 Å². The molecule has 5 aromatic rings. The Morgan fingerprint density at radius 3 is 1.27 bits per heavy atom. The predicted octanol–water partition coefficient (Wildman–Crippen LogP) is 8.56. The lowest BCUT2D eigenvalue weighted by Gasteiger charge is -2.52. The van der Waals surface area contributed by atoms with Crippen molar-refractivity contribution in [3.05, 3.63) is 205 Å². The van der Waals surface area contributed by atoms with Crippen LogP contribution in [0.2, 0.25) is 0 Å². The van der Waals surface area contributed by atoms with Crippen LogP contribution in [0.15, 0.2) is 177 Å². The van der Waals surface area contributed by atoms with Crippen LogP contribution in [-0.4, -0.2) is 225 Å². The number of methoxy groups -OCH3 is 1. The first-order chi connectivity index (χ1) is 53.0. The number of benzene rings is 5. The molecule has 25 atom stereocenters. The van der Waals surface area contributed by atoms with Gasteiger partial charge in [-0.2, -0.15) is 0 Å². The molecule has 0 radical (unpaired) electrons. The zero-order valence-corrected chi connectivity index (χ0v) is 64.4. The summed E-state index contributed by atoms with van der Waals surface area (Å²) in [7, 11) is 1.41. The van der Waals surface area contributed by atoms with Gasteiger partial charge in [-0.3, -0.25) is 19.2 Å². The molecule has 0 aliphatic carbocycles. The molecule has 5 aromatic carbocycles. The minimum Gasteiger partial charge on any atom is -0.456 e. The summed E-state index contributed by atoms with van der Waals surface area (Å²) in [5.41, 5.74) is 4.22. The Bertz CT molecular complexity index is 3640. The lowest BCUT2D eigenvalue weighted by Crippen LogP contribution is -2.71. The van der Waals surface area contributed by atoms with Gasteiger partial charge in [-0.15, -0.1) is 13.2 Å². The van der Waals surface area contributed by atoms with Crippen LogP contribution >= 0.6 is 34.8 Å². The van der Waals surface area contributed by atoms with Crippen molar-refractivity contribution in [3.8, 4) is 0 Å². The van der Waals surface area contributed by atoms with Crippen molar-refractivity contribution in [1.82, 2.24) is 5.32 Å². The van der Waals surface area contributed by atoms with Crippen LogP contribution in [0.4, 0.5) is 0 Å². The summed E-state index contributed by atoms with van der Waals surface area (Å²) in [5.74, 6) is -3.97. The SMILES string of the molecule is C=CCO[C@@H]1[C@@H](OCC=C)[C@H](C)O[C@@H](O[C@H]2[C@H](OC)O[C@@H](C)[C@H](OCc3ccccc3)[C@H]2O[C@H]2O[C@H](COCc3ccccc3)[C@@H](OCc3ccccc3)[C@H](OCc3ccccc3)[C@H]2OCc2ccccc2)[C@@H]1O[C@@H]1O[C@H](CO)[C@@H](O)[C@H](O[C@@H]2O[C@@H](C)[C@H](OC(C)=O)[C@@H](OC(C)=O)[C@H]2OC(C)=O)[C@H]1NC(=O)C(Cl)(Cl)Cl. The number of carbonyl (C=O) groups excluding carboxylic acids is 4. The third-order valence-corrected chi connectivity index (χ3v) is 19.3. The Morgan fingerprint density at radius 2 is 0.791 bits per heavy atom. The maximum Gasteiger partial charge on any atom is 0.303 e. The molecule has 10 rings (SSSR count). The third-order valence-electron chi connectivity index (χ3n) is 18.8. The molecule has 5 aliphatic rings. The van der Waals surface area contributed by atoms with Gasteiger partial charge >= 0.3 is 17.9 Å². The molecular formula is C80H98Cl3NO26. The molecule has 5 aliphatic heterocycles. The molecule has 5 fully saturated rings. The van der Waals surface area contributed by atoms with Crippen LogP contribution in [-0.2, 0) is 147 Å². The summed E-state index contributed by atoms with van der Waals surface area (Å²) in [6.45, 7) is 15.2. The fraction of sp³-hybridized carbons (Fsp3) is 0.525. The fourth-order valence-electron chi connectivity index (χ4n) is 13.8. The van der Waals surface area contributed by atoms with E-state index in [0.29, 0.717) is 0 Å². The molecule has 0 unspecified atom stereocenters. The lowest BCUT2D eigenvalue weighted by atomic mass is 9.94. The van der Waals surface area contributed by atoms with Gasteiger partial charge in [-0.25, -0.2) is 0 Å². The van der Waals surface area contributed by atoms with Gasteiger partial charge in [-0.1, -0.05) is 199 Å². The van der Waals surface area contributed by atoms with Crippen molar-refractivity contribution in [1.29, 1.82) is 0 Å². The molecule has 0 bridgehead atoms. The highest BCUT2D eigenvalue weighted by Gasteiger charge is 2.60. The van der Waals surface area contributed by atoms with Gasteiger partial charge in [0.05, 0.1) is 77.8 Å². The maximum absolute atomic E-state index is 14.3. The van der Waals surface area contributed by atoms with Crippen LogP contribution in [0, 0.1) is 0 Å². The number of hydrogen-bond acceptors (Lipinski definition) is 26. The van der Waals surface area contributed by atoms with E-state index in [9.17, 15) is 29.4 Å². The van der Waals surface area contributed by atoms with Crippen molar-refractivity contribution in [2.75, 3.05) is 33.5 Å². The smallest absolute Gasteiger partial charge is 0.303 e. The average Bonchev–Trinajstić information content (AvgIpc) is 0.760. The second-order valence-electron chi connectivity index (χ2n) is 27.0. The van der Waals surface area contributed by atoms with Crippen molar-refractivity contribution in [2.45, 2.75) is 232 Å². The van der Waals surface area contributed by atoms with E-state index in [2.05, 4.69) is 18.5 Å². The quantitative estimate of drug-likeness (QED) is 0.0146. The number of rotatable bonds is 36. The van der Waals surface area contributed by atoms with Gasteiger partial charge in [0.2, 0.25) is 0 Å². The zero-order valence-electron chi connectivity index (χ0n) is 62.1. The number of amides is 1. The molecule has 600 valence electrons. The van der Waals surface area contributed by atoms with Gasteiger partial charge in [0, 0.05) is 27.9 Å². The normalized spacial score (nSPS) is 32.5. The summed E-state index contributed by atoms with van der Waals surface area (Å²) in [6.07, 6.45) is -30.8. The highest BCUT2D eigenvalue weighted by atomic mass is 35.6. The molecule has 0 aromatic heterocycles. The topological polar surface area (TPSA) is 305 Å². The second kappa shape index (κ2) is 42.1. The largest absolute Gasteiger partial charge is 0.456 e.